The van der Waals surface area contributed by atoms with Crippen molar-refractivity contribution in [3.05, 3.63) is 35.2 Å². The van der Waals surface area contributed by atoms with Crippen LogP contribution in [0.1, 0.15) is 24.5 Å². The van der Waals surface area contributed by atoms with Crippen molar-refractivity contribution in [2.24, 2.45) is 5.92 Å². The second kappa shape index (κ2) is 3.07. The molecule has 14 heavy (non-hydrogen) atoms. The molecule has 1 aliphatic rings. The van der Waals surface area contributed by atoms with Crippen LogP contribution in [0.3, 0.4) is 0 Å². The molecule has 2 aromatic rings. The molecule has 1 N–H and O–H groups in total. The number of rotatable bonds is 2. The van der Waals surface area contributed by atoms with Crippen LogP contribution in [-0.4, -0.2) is 5.11 Å². The summed E-state index contributed by atoms with van der Waals surface area (Å²) in [5, 5.41) is 13.4. The van der Waals surface area contributed by atoms with E-state index >= 15 is 0 Å². The Morgan fingerprint density at radius 2 is 2.07 bits per heavy atom. The van der Waals surface area contributed by atoms with Crippen LogP contribution in [0.2, 0.25) is 0 Å². The quantitative estimate of drug-likeness (QED) is 0.795. The summed E-state index contributed by atoms with van der Waals surface area (Å²) in [4.78, 5) is 0. The van der Waals surface area contributed by atoms with Crippen molar-refractivity contribution in [1.82, 2.24) is 0 Å². The third kappa shape index (κ3) is 1.26. The molecule has 1 saturated carbocycles. The van der Waals surface area contributed by atoms with Gasteiger partial charge in [-0.05, 0) is 41.2 Å². The van der Waals surface area contributed by atoms with Crippen molar-refractivity contribution in [2.45, 2.75) is 18.9 Å². The molecule has 72 valence electrons. The van der Waals surface area contributed by atoms with Crippen LogP contribution in [0.4, 0.5) is 0 Å². The van der Waals surface area contributed by atoms with Gasteiger partial charge in [0.1, 0.15) is 0 Å². The monoisotopic (exact) mass is 204 g/mol. The summed E-state index contributed by atoms with van der Waals surface area (Å²) in [5.41, 5.74) is 1.13. The zero-order chi connectivity index (χ0) is 9.54. The molecule has 1 aromatic heterocycles. The van der Waals surface area contributed by atoms with Crippen LogP contribution < -0.4 is 0 Å². The van der Waals surface area contributed by atoms with Gasteiger partial charge in [0.2, 0.25) is 0 Å². The molecule has 0 amide bonds. The fourth-order valence-electron chi connectivity index (χ4n) is 1.89. The van der Waals surface area contributed by atoms with Gasteiger partial charge in [0, 0.05) is 4.70 Å². The van der Waals surface area contributed by atoms with E-state index in [1.807, 2.05) is 12.1 Å². The lowest BCUT2D eigenvalue weighted by atomic mass is 10.0. The predicted octanol–water partition coefficient (Wildman–Crippen LogP) is 3.34. The maximum Gasteiger partial charge on any atom is 0.0832 e. The fraction of sp³-hybridized carbons (Fsp3) is 0.333. The number of aliphatic hydroxyl groups excluding tert-OH is 1. The van der Waals surface area contributed by atoms with E-state index < -0.39 is 0 Å². The Labute approximate surface area is 87.0 Å². The molecule has 1 nitrogen and oxygen atoms in total. The van der Waals surface area contributed by atoms with Crippen LogP contribution >= 0.6 is 11.3 Å². The van der Waals surface area contributed by atoms with Gasteiger partial charge in [0.25, 0.3) is 0 Å². The predicted molar refractivity (Wildman–Crippen MR) is 59.5 cm³/mol. The standard InChI is InChI=1S/C12H12OS/c13-12(8-5-6-8)10-7-14-11-4-2-1-3-9(10)11/h1-4,7-8,12-13H,5-6H2. The van der Waals surface area contributed by atoms with Crippen molar-refractivity contribution < 1.29 is 5.11 Å². The molecule has 1 heterocycles. The topological polar surface area (TPSA) is 20.2 Å². The van der Waals surface area contributed by atoms with E-state index in [1.54, 1.807) is 11.3 Å². The van der Waals surface area contributed by atoms with Gasteiger partial charge in [-0.15, -0.1) is 11.3 Å². The first-order valence-electron chi connectivity index (χ1n) is 5.00. The Morgan fingerprint density at radius 1 is 1.29 bits per heavy atom. The van der Waals surface area contributed by atoms with E-state index in [0.29, 0.717) is 5.92 Å². The third-order valence-electron chi connectivity index (χ3n) is 2.90. The Morgan fingerprint density at radius 3 is 2.86 bits per heavy atom. The average molecular weight is 204 g/mol. The van der Waals surface area contributed by atoms with E-state index in [4.69, 9.17) is 0 Å². The maximum atomic E-state index is 10.1. The Balaban J connectivity index is 2.11. The second-order valence-electron chi connectivity index (χ2n) is 3.97. The van der Waals surface area contributed by atoms with E-state index in [-0.39, 0.29) is 6.10 Å². The SMILES string of the molecule is OC(c1csc2ccccc12)C1CC1. The zero-order valence-electron chi connectivity index (χ0n) is 7.81. The molecule has 1 aliphatic carbocycles. The van der Waals surface area contributed by atoms with Gasteiger partial charge in [-0.3, -0.25) is 0 Å². The highest BCUT2D eigenvalue weighted by Gasteiger charge is 2.31. The number of thiophene rings is 1. The number of hydrogen-bond donors (Lipinski definition) is 1. The number of hydrogen-bond acceptors (Lipinski definition) is 2. The number of fused-ring (bicyclic) bond motifs is 1. The largest absolute Gasteiger partial charge is 0.388 e. The smallest absolute Gasteiger partial charge is 0.0832 e. The summed E-state index contributed by atoms with van der Waals surface area (Å²) in [6.45, 7) is 0. The molecular weight excluding hydrogens is 192 g/mol. The minimum absolute atomic E-state index is 0.230. The number of aliphatic hydroxyl groups is 1. The highest BCUT2D eigenvalue weighted by molar-refractivity contribution is 7.17. The summed E-state index contributed by atoms with van der Waals surface area (Å²) in [5.74, 6) is 0.521. The van der Waals surface area contributed by atoms with E-state index in [0.717, 1.165) is 5.56 Å². The molecule has 0 bridgehead atoms. The van der Waals surface area contributed by atoms with Crippen molar-refractivity contribution in [1.29, 1.82) is 0 Å². The van der Waals surface area contributed by atoms with Gasteiger partial charge in [-0.1, -0.05) is 18.2 Å². The summed E-state index contributed by atoms with van der Waals surface area (Å²) >= 11 is 1.73. The molecule has 0 saturated heterocycles. The summed E-state index contributed by atoms with van der Waals surface area (Å²) < 4.78 is 1.28. The van der Waals surface area contributed by atoms with E-state index in [9.17, 15) is 5.11 Å². The lowest BCUT2D eigenvalue weighted by molar-refractivity contribution is 0.156. The van der Waals surface area contributed by atoms with Gasteiger partial charge in [-0.25, -0.2) is 0 Å². The molecule has 1 fully saturated rings. The van der Waals surface area contributed by atoms with Gasteiger partial charge in [0.15, 0.2) is 0 Å². The first kappa shape index (κ1) is 8.45. The highest BCUT2D eigenvalue weighted by atomic mass is 32.1. The fourth-order valence-corrected chi connectivity index (χ4v) is 2.88. The third-order valence-corrected chi connectivity index (χ3v) is 3.88. The van der Waals surface area contributed by atoms with E-state index in [1.165, 1.54) is 22.9 Å². The first-order chi connectivity index (χ1) is 6.86. The Bertz CT molecular complexity index is 456. The van der Waals surface area contributed by atoms with Crippen LogP contribution in [0, 0.1) is 5.92 Å². The Hall–Kier alpha value is -0.860. The highest BCUT2D eigenvalue weighted by Crippen LogP contribution is 2.44. The molecular formula is C12H12OS. The van der Waals surface area contributed by atoms with Crippen molar-refractivity contribution >= 4 is 21.4 Å². The summed E-state index contributed by atoms with van der Waals surface area (Å²) in [6.07, 6.45) is 2.14. The average Bonchev–Trinajstić information content (AvgIpc) is 2.97. The van der Waals surface area contributed by atoms with Crippen LogP contribution in [0.25, 0.3) is 10.1 Å². The van der Waals surface area contributed by atoms with E-state index in [2.05, 4.69) is 17.5 Å². The van der Waals surface area contributed by atoms with Crippen LogP contribution in [0.5, 0.6) is 0 Å². The van der Waals surface area contributed by atoms with Gasteiger partial charge >= 0.3 is 0 Å². The summed E-state index contributed by atoms with van der Waals surface area (Å²) in [7, 11) is 0. The molecule has 0 aliphatic heterocycles. The van der Waals surface area contributed by atoms with Gasteiger partial charge in [0.05, 0.1) is 6.10 Å². The normalized spacial score (nSPS) is 18.6. The lowest BCUT2D eigenvalue weighted by Gasteiger charge is -2.07. The molecule has 1 aromatic carbocycles. The molecule has 0 radical (unpaired) electrons. The molecule has 1 atom stereocenters. The van der Waals surface area contributed by atoms with Crippen LogP contribution in [-0.2, 0) is 0 Å². The minimum atomic E-state index is -0.230. The minimum Gasteiger partial charge on any atom is -0.388 e. The van der Waals surface area contributed by atoms with Crippen molar-refractivity contribution in [2.75, 3.05) is 0 Å². The van der Waals surface area contributed by atoms with Gasteiger partial charge < -0.3 is 5.11 Å². The van der Waals surface area contributed by atoms with Crippen molar-refractivity contribution in [3.63, 3.8) is 0 Å². The molecule has 1 unspecified atom stereocenters. The molecule has 3 rings (SSSR count). The Kier molecular flexibility index (Phi) is 1.85. The molecule has 2 heteroatoms. The second-order valence-corrected chi connectivity index (χ2v) is 4.88. The zero-order valence-corrected chi connectivity index (χ0v) is 8.63. The molecule has 0 spiro atoms. The van der Waals surface area contributed by atoms with Crippen LogP contribution in [0.15, 0.2) is 29.6 Å². The first-order valence-corrected chi connectivity index (χ1v) is 5.88. The summed E-state index contributed by atoms with van der Waals surface area (Å²) in [6, 6.07) is 8.31. The van der Waals surface area contributed by atoms with Gasteiger partial charge in [-0.2, -0.15) is 0 Å². The maximum absolute atomic E-state index is 10.1. The van der Waals surface area contributed by atoms with Crippen molar-refractivity contribution in [3.8, 4) is 0 Å². The lowest BCUT2D eigenvalue weighted by Crippen LogP contribution is -1.97. The number of benzene rings is 1.